The zero-order valence-electron chi connectivity index (χ0n) is 15.3. The Balaban J connectivity index is 1.69. The second-order valence-electron chi connectivity index (χ2n) is 7.14. The number of likely N-dealkylation sites (tertiary alicyclic amines) is 1. The maximum absolute atomic E-state index is 13.2. The Hall–Kier alpha value is -2.07. The molecular formula is C16H22ClN5O4S. The van der Waals surface area contributed by atoms with Gasteiger partial charge in [-0.25, -0.2) is 13.2 Å². The molecule has 0 aromatic carbocycles. The van der Waals surface area contributed by atoms with Crippen LogP contribution in [-0.2, 0) is 16.9 Å². The Morgan fingerprint density at radius 2 is 2.04 bits per heavy atom. The summed E-state index contributed by atoms with van der Waals surface area (Å²) in [5.74, 6) is 0.228. The SMILES string of the molecule is Cn1cc(S(=O)(=O)C(C)(C)C2CCN(C(=O)Nc3ccon3)CC2)c(Cl)n1. The van der Waals surface area contributed by atoms with Crippen LogP contribution >= 0.6 is 11.6 Å². The molecule has 0 aliphatic carbocycles. The van der Waals surface area contributed by atoms with Gasteiger partial charge in [0.15, 0.2) is 20.8 Å². The van der Waals surface area contributed by atoms with E-state index in [9.17, 15) is 13.2 Å². The Bertz CT molecular complexity index is 915. The van der Waals surface area contributed by atoms with Crippen molar-refractivity contribution in [1.82, 2.24) is 19.8 Å². The lowest BCUT2D eigenvalue weighted by Gasteiger charge is -2.39. The van der Waals surface area contributed by atoms with Crippen LogP contribution in [-0.4, -0.2) is 52.1 Å². The first kappa shape index (κ1) is 19.7. The van der Waals surface area contributed by atoms with E-state index in [1.807, 2.05) is 0 Å². The van der Waals surface area contributed by atoms with Gasteiger partial charge in [0.1, 0.15) is 11.2 Å². The third kappa shape index (κ3) is 3.68. The van der Waals surface area contributed by atoms with E-state index in [1.54, 1.807) is 31.9 Å². The maximum atomic E-state index is 13.2. The van der Waals surface area contributed by atoms with E-state index in [1.165, 1.54) is 17.1 Å². The molecule has 2 aromatic heterocycles. The first-order valence-corrected chi connectivity index (χ1v) is 10.4. The predicted molar refractivity (Wildman–Crippen MR) is 99.3 cm³/mol. The molecule has 1 N–H and O–H groups in total. The van der Waals surface area contributed by atoms with Crippen LogP contribution in [0.15, 0.2) is 27.9 Å². The number of urea groups is 1. The van der Waals surface area contributed by atoms with Crippen molar-refractivity contribution >= 4 is 33.3 Å². The largest absolute Gasteiger partial charge is 0.363 e. The van der Waals surface area contributed by atoms with Crippen molar-refractivity contribution in [2.45, 2.75) is 36.3 Å². The molecule has 1 aliphatic heterocycles. The van der Waals surface area contributed by atoms with Crippen molar-refractivity contribution in [3.05, 3.63) is 23.7 Å². The molecule has 0 saturated carbocycles. The van der Waals surface area contributed by atoms with Gasteiger partial charge in [0, 0.05) is 32.4 Å². The van der Waals surface area contributed by atoms with Crippen molar-refractivity contribution in [2.24, 2.45) is 13.0 Å². The third-order valence-electron chi connectivity index (χ3n) is 5.17. The second-order valence-corrected chi connectivity index (χ2v) is 10.00. The number of anilines is 1. The first-order chi connectivity index (χ1) is 12.6. The van der Waals surface area contributed by atoms with E-state index < -0.39 is 14.6 Å². The summed E-state index contributed by atoms with van der Waals surface area (Å²) >= 11 is 6.02. The standard InChI is InChI=1S/C16H22ClN5O4S/c1-16(2,27(24,25)12-10-21(3)19-14(12)17)11-4-7-22(8-5-11)15(23)18-13-6-9-26-20-13/h6,9-11H,4-5,7-8H2,1-3H3,(H,18,20,23). The zero-order valence-corrected chi connectivity index (χ0v) is 16.9. The minimum absolute atomic E-state index is 0.0185. The number of sulfone groups is 1. The van der Waals surface area contributed by atoms with Gasteiger partial charge in [-0.15, -0.1) is 0 Å². The van der Waals surface area contributed by atoms with Crippen LogP contribution in [0.3, 0.4) is 0 Å². The number of nitrogens with one attached hydrogen (secondary N) is 1. The molecule has 11 heteroatoms. The van der Waals surface area contributed by atoms with Crippen molar-refractivity contribution in [3.8, 4) is 0 Å². The Morgan fingerprint density at radius 1 is 1.37 bits per heavy atom. The third-order valence-corrected chi connectivity index (χ3v) is 8.16. The summed E-state index contributed by atoms with van der Waals surface area (Å²) in [6.45, 7) is 4.32. The fraction of sp³-hybridized carbons (Fsp3) is 0.562. The van der Waals surface area contributed by atoms with Gasteiger partial charge in [-0.2, -0.15) is 5.10 Å². The Labute approximate surface area is 162 Å². The molecule has 9 nitrogen and oxygen atoms in total. The monoisotopic (exact) mass is 415 g/mol. The lowest BCUT2D eigenvalue weighted by molar-refractivity contribution is 0.171. The molecule has 1 aliphatic rings. The van der Waals surface area contributed by atoms with Gasteiger partial charge in [0.2, 0.25) is 0 Å². The van der Waals surface area contributed by atoms with E-state index in [0.717, 1.165) is 0 Å². The summed E-state index contributed by atoms with van der Waals surface area (Å²) in [6, 6.07) is 1.27. The zero-order chi connectivity index (χ0) is 19.8. The summed E-state index contributed by atoms with van der Waals surface area (Å²) in [7, 11) is -2.05. The number of nitrogens with zero attached hydrogens (tertiary/aromatic N) is 4. The summed E-state index contributed by atoms with van der Waals surface area (Å²) in [5.41, 5.74) is 0. The molecule has 0 spiro atoms. The van der Waals surface area contributed by atoms with E-state index in [4.69, 9.17) is 11.6 Å². The average molecular weight is 416 g/mol. The highest BCUT2D eigenvalue weighted by Gasteiger charge is 2.45. The number of aryl methyl sites for hydroxylation is 1. The molecule has 1 fully saturated rings. The highest BCUT2D eigenvalue weighted by Crippen LogP contribution is 2.39. The van der Waals surface area contributed by atoms with Crippen LogP contribution in [0, 0.1) is 5.92 Å². The minimum atomic E-state index is -3.68. The van der Waals surface area contributed by atoms with Gasteiger partial charge in [-0.05, 0) is 32.6 Å². The summed E-state index contributed by atoms with van der Waals surface area (Å²) in [4.78, 5) is 14.0. The molecule has 0 unspecified atom stereocenters. The van der Waals surface area contributed by atoms with Crippen molar-refractivity contribution in [3.63, 3.8) is 0 Å². The van der Waals surface area contributed by atoms with Crippen molar-refractivity contribution in [2.75, 3.05) is 18.4 Å². The van der Waals surface area contributed by atoms with Crippen molar-refractivity contribution in [1.29, 1.82) is 0 Å². The minimum Gasteiger partial charge on any atom is -0.363 e. The fourth-order valence-corrected chi connectivity index (χ4v) is 5.63. The van der Waals surface area contributed by atoms with Gasteiger partial charge >= 0.3 is 6.03 Å². The van der Waals surface area contributed by atoms with E-state index >= 15 is 0 Å². The van der Waals surface area contributed by atoms with Crippen LogP contribution < -0.4 is 5.32 Å². The Morgan fingerprint density at radius 3 is 2.56 bits per heavy atom. The maximum Gasteiger partial charge on any atom is 0.323 e. The van der Waals surface area contributed by atoms with Crippen LogP contribution in [0.5, 0.6) is 0 Å². The lowest BCUT2D eigenvalue weighted by atomic mass is 9.86. The molecule has 148 valence electrons. The lowest BCUT2D eigenvalue weighted by Crippen LogP contribution is -2.48. The number of carbonyl (C=O) groups is 1. The smallest absolute Gasteiger partial charge is 0.323 e. The van der Waals surface area contributed by atoms with E-state index in [0.29, 0.717) is 31.7 Å². The summed E-state index contributed by atoms with van der Waals surface area (Å²) < 4.78 is 31.4. The summed E-state index contributed by atoms with van der Waals surface area (Å²) in [5, 5.41) is 10.2. The fourth-order valence-electron chi connectivity index (χ4n) is 3.37. The molecule has 0 atom stereocenters. The molecule has 0 bridgehead atoms. The quantitative estimate of drug-likeness (QED) is 0.821. The van der Waals surface area contributed by atoms with Crippen LogP contribution in [0.25, 0.3) is 0 Å². The highest BCUT2D eigenvalue weighted by atomic mass is 35.5. The van der Waals surface area contributed by atoms with Gasteiger partial charge in [-0.3, -0.25) is 10.00 Å². The number of amides is 2. The number of piperidine rings is 1. The predicted octanol–water partition coefficient (Wildman–Crippen LogP) is 2.56. The molecule has 3 rings (SSSR count). The molecule has 2 amide bonds. The first-order valence-electron chi connectivity index (χ1n) is 8.53. The molecule has 2 aromatic rings. The molecular weight excluding hydrogens is 394 g/mol. The topological polar surface area (TPSA) is 110 Å². The van der Waals surface area contributed by atoms with Crippen molar-refractivity contribution < 1.29 is 17.7 Å². The van der Waals surface area contributed by atoms with Crippen LogP contribution in [0.4, 0.5) is 10.6 Å². The normalized spacial score (nSPS) is 16.5. The number of carbonyl (C=O) groups excluding carboxylic acids is 1. The van der Waals surface area contributed by atoms with E-state index in [2.05, 4.69) is 20.1 Å². The highest BCUT2D eigenvalue weighted by molar-refractivity contribution is 7.93. The molecule has 27 heavy (non-hydrogen) atoms. The average Bonchev–Trinajstić information content (AvgIpc) is 3.24. The number of aromatic nitrogens is 3. The van der Waals surface area contributed by atoms with E-state index in [-0.39, 0.29) is 22.0 Å². The molecule has 3 heterocycles. The van der Waals surface area contributed by atoms with Crippen LogP contribution in [0.1, 0.15) is 26.7 Å². The van der Waals surface area contributed by atoms with Gasteiger partial charge < -0.3 is 9.42 Å². The van der Waals surface area contributed by atoms with Crippen LogP contribution in [0.2, 0.25) is 5.15 Å². The molecule has 1 saturated heterocycles. The number of halogens is 1. The Kier molecular flexibility index (Phi) is 5.22. The van der Waals surface area contributed by atoms with Gasteiger partial charge in [0.25, 0.3) is 0 Å². The number of rotatable bonds is 4. The van der Waals surface area contributed by atoms with Gasteiger partial charge in [0.05, 0.1) is 4.75 Å². The molecule has 0 radical (unpaired) electrons. The summed E-state index contributed by atoms with van der Waals surface area (Å²) in [6.07, 6.45) is 3.94. The van der Waals surface area contributed by atoms with Gasteiger partial charge in [-0.1, -0.05) is 16.8 Å². The number of hydrogen-bond acceptors (Lipinski definition) is 6. The second kappa shape index (κ2) is 7.16. The number of hydrogen-bond donors (Lipinski definition) is 1.